The molecule has 0 N–H and O–H groups in total. The van der Waals surface area contributed by atoms with Crippen molar-refractivity contribution in [1.82, 2.24) is 4.90 Å². The minimum Gasteiger partial charge on any atom is -0.334 e. The number of nitro benzene ring substituents is 1. The molecule has 1 aliphatic rings. The quantitative estimate of drug-likeness (QED) is 0.475. The van der Waals surface area contributed by atoms with Crippen molar-refractivity contribution in [3.8, 4) is 0 Å². The largest absolute Gasteiger partial charge is 0.334 e. The molecule has 1 aromatic carbocycles. The van der Waals surface area contributed by atoms with E-state index in [4.69, 9.17) is 11.6 Å². The van der Waals surface area contributed by atoms with Gasteiger partial charge in [-0.05, 0) is 31.4 Å². The Kier molecular flexibility index (Phi) is 5.17. The summed E-state index contributed by atoms with van der Waals surface area (Å²) < 4.78 is 0. The summed E-state index contributed by atoms with van der Waals surface area (Å²) in [5, 5.41) is 10.9. The third kappa shape index (κ3) is 3.73. The van der Waals surface area contributed by atoms with Gasteiger partial charge >= 0.3 is 0 Å². The molecule has 0 spiro atoms. The number of hydrogen-bond donors (Lipinski definition) is 0. The number of nitro groups is 1. The smallest absolute Gasteiger partial charge is 0.270 e. The first-order valence-corrected chi connectivity index (χ1v) is 7.69. The van der Waals surface area contributed by atoms with Crippen LogP contribution in [0.5, 0.6) is 0 Å². The fourth-order valence-electron chi connectivity index (χ4n) is 2.91. The Morgan fingerprint density at radius 1 is 1.38 bits per heavy atom. The van der Waals surface area contributed by atoms with E-state index < -0.39 is 4.92 Å². The number of halogens is 1. The molecular weight excluding hydrogens is 292 g/mol. The van der Waals surface area contributed by atoms with Gasteiger partial charge in [0.15, 0.2) is 0 Å². The number of aryl methyl sites for hydroxylation is 1. The lowest BCUT2D eigenvalue weighted by molar-refractivity contribution is -0.384. The lowest BCUT2D eigenvalue weighted by atomic mass is 10.1. The summed E-state index contributed by atoms with van der Waals surface area (Å²) in [6.45, 7) is 2.23. The topological polar surface area (TPSA) is 63.5 Å². The molecule has 6 heteroatoms. The summed E-state index contributed by atoms with van der Waals surface area (Å²) in [7, 11) is 0. The van der Waals surface area contributed by atoms with E-state index in [1.807, 2.05) is 0 Å². The summed E-state index contributed by atoms with van der Waals surface area (Å²) in [4.78, 5) is 24.9. The Bertz CT molecular complexity index is 542. The zero-order valence-electron chi connectivity index (χ0n) is 12.0. The number of hydrogen-bond acceptors (Lipinski definition) is 3. The number of carbonyl (C=O) groups excluding carboxylic acids is 1. The van der Waals surface area contributed by atoms with E-state index in [2.05, 4.69) is 0 Å². The SMILES string of the molecule is Cc1cc(C(=O)N(CCCl)C2CCCC2)cc([N+](=O)[O-])c1. The van der Waals surface area contributed by atoms with Crippen LogP contribution in [0.25, 0.3) is 0 Å². The van der Waals surface area contributed by atoms with Gasteiger partial charge < -0.3 is 4.90 Å². The molecule has 0 heterocycles. The molecule has 1 aliphatic carbocycles. The zero-order valence-corrected chi connectivity index (χ0v) is 12.8. The molecule has 114 valence electrons. The van der Waals surface area contributed by atoms with Gasteiger partial charge in [0.2, 0.25) is 0 Å². The highest BCUT2D eigenvalue weighted by Crippen LogP contribution is 2.26. The maximum Gasteiger partial charge on any atom is 0.270 e. The Morgan fingerprint density at radius 3 is 2.62 bits per heavy atom. The molecule has 0 atom stereocenters. The predicted octanol–water partition coefficient (Wildman–Crippen LogP) is 3.53. The molecule has 5 nitrogen and oxygen atoms in total. The Morgan fingerprint density at radius 2 is 2.05 bits per heavy atom. The molecule has 0 aliphatic heterocycles. The third-order valence-electron chi connectivity index (χ3n) is 3.87. The number of benzene rings is 1. The van der Waals surface area contributed by atoms with Gasteiger partial charge in [-0.1, -0.05) is 12.8 Å². The number of amides is 1. The summed E-state index contributed by atoms with van der Waals surface area (Å²) >= 11 is 5.82. The normalized spacial score (nSPS) is 15.1. The lowest BCUT2D eigenvalue weighted by Crippen LogP contribution is -2.40. The Balaban J connectivity index is 2.29. The van der Waals surface area contributed by atoms with Crippen molar-refractivity contribution in [1.29, 1.82) is 0 Å². The van der Waals surface area contributed by atoms with E-state index in [0.29, 0.717) is 23.6 Å². The number of rotatable bonds is 5. The van der Waals surface area contributed by atoms with Crippen molar-refractivity contribution in [3.05, 3.63) is 39.4 Å². The molecule has 2 rings (SSSR count). The van der Waals surface area contributed by atoms with Gasteiger partial charge in [-0.3, -0.25) is 14.9 Å². The second-order valence-corrected chi connectivity index (χ2v) is 5.82. The van der Waals surface area contributed by atoms with E-state index in [0.717, 1.165) is 25.7 Å². The van der Waals surface area contributed by atoms with Crippen molar-refractivity contribution < 1.29 is 9.72 Å². The summed E-state index contributed by atoms with van der Waals surface area (Å²) in [6.07, 6.45) is 4.20. The van der Waals surface area contributed by atoms with Gasteiger partial charge in [-0.2, -0.15) is 0 Å². The molecule has 0 radical (unpaired) electrons. The van der Waals surface area contributed by atoms with Gasteiger partial charge in [0.1, 0.15) is 0 Å². The minimum atomic E-state index is -0.467. The highest BCUT2D eigenvalue weighted by atomic mass is 35.5. The van der Waals surface area contributed by atoms with Crippen molar-refractivity contribution >= 4 is 23.2 Å². The molecule has 1 fully saturated rings. The Labute approximate surface area is 129 Å². The van der Waals surface area contributed by atoms with Gasteiger partial charge in [0.05, 0.1) is 4.92 Å². The molecule has 1 aromatic rings. The van der Waals surface area contributed by atoms with Crippen LogP contribution in [0, 0.1) is 17.0 Å². The maximum absolute atomic E-state index is 12.7. The van der Waals surface area contributed by atoms with E-state index in [1.165, 1.54) is 12.1 Å². The highest BCUT2D eigenvalue weighted by Gasteiger charge is 2.27. The van der Waals surface area contributed by atoms with E-state index >= 15 is 0 Å². The van der Waals surface area contributed by atoms with Gasteiger partial charge in [-0.25, -0.2) is 0 Å². The van der Waals surface area contributed by atoms with Crippen LogP contribution in [0.3, 0.4) is 0 Å². The average Bonchev–Trinajstić information content (AvgIpc) is 2.97. The van der Waals surface area contributed by atoms with Crippen LogP contribution < -0.4 is 0 Å². The molecule has 0 saturated heterocycles. The molecule has 1 amide bonds. The van der Waals surface area contributed by atoms with E-state index in [-0.39, 0.29) is 17.6 Å². The Hall–Kier alpha value is -1.62. The van der Waals surface area contributed by atoms with Crippen molar-refractivity contribution in [2.45, 2.75) is 38.6 Å². The van der Waals surface area contributed by atoms with Gasteiger partial charge in [-0.15, -0.1) is 11.6 Å². The minimum absolute atomic E-state index is 0.0457. The monoisotopic (exact) mass is 310 g/mol. The standard InChI is InChI=1S/C15H19ClN2O3/c1-11-8-12(10-14(9-11)18(20)21)15(19)17(7-6-16)13-4-2-3-5-13/h8-10,13H,2-7H2,1H3. The molecule has 0 unspecified atom stereocenters. The first-order valence-electron chi connectivity index (χ1n) is 7.16. The maximum atomic E-state index is 12.7. The first kappa shape index (κ1) is 15.8. The second kappa shape index (κ2) is 6.89. The number of nitrogens with zero attached hydrogens (tertiary/aromatic N) is 2. The van der Waals surface area contributed by atoms with E-state index in [9.17, 15) is 14.9 Å². The number of carbonyl (C=O) groups is 1. The molecule has 21 heavy (non-hydrogen) atoms. The highest BCUT2D eigenvalue weighted by molar-refractivity contribution is 6.18. The third-order valence-corrected chi connectivity index (χ3v) is 4.04. The fourth-order valence-corrected chi connectivity index (χ4v) is 3.10. The van der Waals surface area contributed by atoms with Crippen LogP contribution >= 0.6 is 11.6 Å². The molecular formula is C15H19ClN2O3. The first-order chi connectivity index (χ1) is 10.0. The number of non-ortho nitro benzene ring substituents is 1. The van der Waals surface area contributed by atoms with Crippen LogP contribution in [0.15, 0.2) is 18.2 Å². The average molecular weight is 311 g/mol. The van der Waals surface area contributed by atoms with Crippen LogP contribution in [0.2, 0.25) is 0 Å². The lowest BCUT2D eigenvalue weighted by Gasteiger charge is -2.28. The van der Waals surface area contributed by atoms with Gasteiger partial charge in [0.25, 0.3) is 11.6 Å². The summed E-state index contributed by atoms with van der Waals surface area (Å²) in [6, 6.07) is 4.73. The number of alkyl halides is 1. The van der Waals surface area contributed by atoms with Crippen LogP contribution in [0.4, 0.5) is 5.69 Å². The fraction of sp³-hybridized carbons (Fsp3) is 0.533. The van der Waals surface area contributed by atoms with Gasteiger partial charge in [0, 0.05) is 36.2 Å². The van der Waals surface area contributed by atoms with Crippen molar-refractivity contribution in [3.63, 3.8) is 0 Å². The van der Waals surface area contributed by atoms with Crippen molar-refractivity contribution in [2.75, 3.05) is 12.4 Å². The molecule has 0 bridgehead atoms. The summed E-state index contributed by atoms with van der Waals surface area (Å²) in [5.74, 6) is 0.213. The molecule has 1 saturated carbocycles. The van der Waals surface area contributed by atoms with Crippen LogP contribution in [0.1, 0.15) is 41.6 Å². The second-order valence-electron chi connectivity index (χ2n) is 5.44. The van der Waals surface area contributed by atoms with Crippen LogP contribution in [-0.4, -0.2) is 34.2 Å². The van der Waals surface area contributed by atoms with Crippen molar-refractivity contribution in [2.24, 2.45) is 0 Å². The van der Waals surface area contributed by atoms with E-state index in [1.54, 1.807) is 17.9 Å². The molecule has 0 aromatic heterocycles. The predicted molar refractivity (Wildman–Crippen MR) is 81.8 cm³/mol. The zero-order chi connectivity index (χ0) is 15.4. The summed E-state index contributed by atoms with van der Waals surface area (Å²) in [5.41, 5.74) is 1.04. The van der Waals surface area contributed by atoms with Crippen LogP contribution in [-0.2, 0) is 0 Å².